The molecule has 0 aliphatic carbocycles. The van der Waals surface area contributed by atoms with E-state index in [1.54, 1.807) is 0 Å². The fraction of sp³-hybridized carbons (Fsp3) is 0.250. The number of carbonyl (C=O) groups is 1. The second-order valence-corrected chi connectivity index (χ2v) is 9.53. The predicted octanol–water partition coefficient (Wildman–Crippen LogP) is 1.40. The predicted molar refractivity (Wildman–Crippen MR) is 113 cm³/mol. The minimum Gasteiger partial charge on any atom is -0.423 e. The number of sulfone groups is 1. The van der Waals surface area contributed by atoms with Crippen LogP contribution < -0.4 is 16.6 Å². The number of anilines is 1. The number of rotatable bonds is 7. The van der Waals surface area contributed by atoms with Crippen molar-refractivity contribution in [1.82, 2.24) is 15.0 Å². The Labute approximate surface area is 181 Å². The summed E-state index contributed by atoms with van der Waals surface area (Å²) in [6, 6.07) is 4.32. The maximum Gasteiger partial charge on any atom is 0.299 e. The van der Waals surface area contributed by atoms with Gasteiger partial charge < -0.3 is 16.3 Å². The van der Waals surface area contributed by atoms with Gasteiger partial charge in [0.25, 0.3) is 11.5 Å². The van der Waals surface area contributed by atoms with Crippen molar-refractivity contribution >= 4 is 32.5 Å². The topological polar surface area (TPSA) is 144 Å². The molecule has 0 atom stereocenters. The molecule has 0 fully saturated rings. The first-order chi connectivity index (χ1) is 15.0. The monoisotopic (exact) mass is 466 g/mol. The number of amides is 1. The van der Waals surface area contributed by atoms with Gasteiger partial charge in [-0.25, -0.2) is 22.2 Å². The number of nitrogens with one attached hydrogen (secondary N) is 1. The molecule has 1 aromatic carbocycles. The van der Waals surface area contributed by atoms with Crippen LogP contribution in [-0.2, 0) is 22.8 Å². The van der Waals surface area contributed by atoms with Crippen molar-refractivity contribution in [3.63, 3.8) is 0 Å². The molecular weight excluding hydrogens is 446 g/mol. The van der Waals surface area contributed by atoms with Gasteiger partial charge in [-0.1, -0.05) is 6.07 Å². The van der Waals surface area contributed by atoms with Crippen LogP contribution in [0.3, 0.4) is 0 Å². The molecule has 3 aromatic rings. The number of nitrogens with zero attached hydrogens (tertiary/aromatic N) is 2. The molecule has 32 heavy (non-hydrogen) atoms. The van der Waals surface area contributed by atoms with Gasteiger partial charge in [0.1, 0.15) is 27.0 Å². The third-order valence-electron chi connectivity index (χ3n) is 4.75. The van der Waals surface area contributed by atoms with E-state index in [2.05, 4.69) is 10.3 Å². The zero-order chi connectivity index (χ0) is 23.6. The van der Waals surface area contributed by atoms with Gasteiger partial charge in [0.2, 0.25) is 0 Å². The lowest BCUT2D eigenvalue weighted by Crippen LogP contribution is -2.34. The summed E-state index contributed by atoms with van der Waals surface area (Å²) in [7, 11) is -3.14. The van der Waals surface area contributed by atoms with Crippen molar-refractivity contribution < 1.29 is 27.2 Å². The molecule has 0 saturated heterocycles. The van der Waals surface area contributed by atoms with E-state index in [-0.39, 0.29) is 39.3 Å². The highest BCUT2D eigenvalue weighted by Gasteiger charge is 2.22. The van der Waals surface area contributed by atoms with Crippen LogP contribution >= 0.6 is 0 Å². The van der Waals surface area contributed by atoms with Crippen molar-refractivity contribution in [1.29, 1.82) is 0 Å². The number of nitrogens with two attached hydrogens (primary N) is 1. The largest absolute Gasteiger partial charge is 0.423 e. The Morgan fingerprint density at radius 2 is 2.00 bits per heavy atom. The summed E-state index contributed by atoms with van der Waals surface area (Å²) >= 11 is 0. The molecule has 2 aromatic heterocycles. The van der Waals surface area contributed by atoms with Crippen LogP contribution in [0.2, 0.25) is 0 Å². The van der Waals surface area contributed by atoms with E-state index in [9.17, 15) is 32.0 Å². The van der Waals surface area contributed by atoms with E-state index in [1.165, 1.54) is 12.3 Å². The van der Waals surface area contributed by atoms with Crippen molar-refractivity contribution in [2.75, 3.05) is 17.7 Å². The van der Waals surface area contributed by atoms with Crippen molar-refractivity contribution in [3.05, 3.63) is 69.1 Å². The number of aromatic nitrogens is 2. The molecule has 2 heterocycles. The molecule has 0 spiro atoms. The molecule has 0 aliphatic rings. The highest BCUT2D eigenvalue weighted by atomic mass is 32.2. The Hall–Kier alpha value is -3.54. The molecule has 4 N–H and O–H groups in total. The zero-order valence-electron chi connectivity index (χ0n) is 16.9. The van der Waals surface area contributed by atoms with Crippen LogP contribution in [0.15, 0.2) is 35.3 Å². The molecule has 0 aliphatic heterocycles. The summed E-state index contributed by atoms with van der Waals surface area (Å²) in [5, 5.41) is 12.6. The first kappa shape index (κ1) is 23.1. The molecule has 170 valence electrons. The van der Waals surface area contributed by atoms with Crippen molar-refractivity contribution in [2.24, 2.45) is 0 Å². The van der Waals surface area contributed by atoms with Gasteiger partial charge in [-0.3, -0.25) is 9.59 Å². The van der Waals surface area contributed by atoms with E-state index in [0.29, 0.717) is 24.5 Å². The third kappa shape index (κ3) is 5.02. The van der Waals surface area contributed by atoms with E-state index in [0.717, 1.165) is 18.4 Å². The van der Waals surface area contributed by atoms with E-state index >= 15 is 0 Å². The fourth-order valence-corrected chi connectivity index (χ4v) is 3.81. The molecule has 1 amide bonds. The highest BCUT2D eigenvalue weighted by Crippen LogP contribution is 2.22. The Bertz CT molecular complexity index is 1370. The number of aryl methyl sites for hydroxylation is 1. The Balaban J connectivity index is 1.91. The van der Waals surface area contributed by atoms with Gasteiger partial charge in [0, 0.05) is 36.0 Å². The van der Waals surface area contributed by atoms with Crippen LogP contribution in [0.1, 0.15) is 27.9 Å². The van der Waals surface area contributed by atoms with Gasteiger partial charge >= 0.3 is 0 Å². The van der Waals surface area contributed by atoms with E-state index in [4.69, 9.17) is 5.73 Å². The number of pyridine rings is 2. The van der Waals surface area contributed by atoms with E-state index < -0.39 is 38.5 Å². The smallest absolute Gasteiger partial charge is 0.299 e. The third-order valence-corrected chi connectivity index (χ3v) is 5.78. The molecule has 0 bridgehead atoms. The number of fused-ring (bicyclic) bond motifs is 1. The normalized spacial score (nSPS) is 11.6. The Kier molecular flexibility index (Phi) is 6.44. The summed E-state index contributed by atoms with van der Waals surface area (Å²) in [5.41, 5.74) is 4.49. The van der Waals surface area contributed by atoms with Gasteiger partial charge in [-0.05, 0) is 30.5 Å². The summed E-state index contributed by atoms with van der Waals surface area (Å²) in [5.74, 6) is -2.66. The van der Waals surface area contributed by atoms with Gasteiger partial charge in [-0.15, -0.1) is 4.73 Å². The first-order valence-electron chi connectivity index (χ1n) is 9.40. The summed E-state index contributed by atoms with van der Waals surface area (Å²) in [6.45, 7) is -0.350. The van der Waals surface area contributed by atoms with Crippen LogP contribution in [0.25, 0.3) is 11.0 Å². The van der Waals surface area contributed by atoms with Gasteiger partial charge in [0.15, 0.2) is 5.65 Å². The Morgan fingerprint density at radius 1 is 1.28 bits per heavy atom. The SMILES string of the molecule is CS(=O)(=O)CCCc1cnc2c(c1)c(N)c(C(=O)NCc1ccc(F)cc1F)c(=O)n2O. The molecular formula is C20H20F2N4O5S. The molecule has 12 heteroatoms. The lowest BCUT2D eigenvalue weighted by molar-refractivity contribution is 0.0944. The summed E-state index contributed by atoms with van der Waals surface area (Å²) in [4.78, 5) is 29.1. The van der Waals surface area contributed by atoms with Crippen LogP contribution in [-0.4, -0.2) is 41.3 Å². The standard InChI is InChI=1S/C20H20F2N4O5S/c1-32(30,31)6-2-3-11-7-14-17(23)16(20(28)26(29)18(14)24-9-11)19(27)25-10-12-4-5-13(21)8-15(12)22/h4-5,7-9,29H,2-3,6,10,23H2,1H3,(H,25,27). The molecule has 9 nitrogen and oxygen atoms in total. The molecule has 0 unspecified atom stereocenters. The number of benzene rings is 1. The lowest BCUT2D eigenvalue weighted by Gasteiger charge is -2.12. The summed E-state index contributed by atoms with van der Waals surface area (Å²) < 4.78 is 49.6. The van der Waals surface area contributed by atoms with Crippen LogP contribution in [0.5, 0.6) is 0 Å². The minimum atomic E-state index is -3.14. The average molecular weight is 466 g/mol. The highest BCUT2D eigenvalue weighted by molar-refractivity contribution is 7.90. The quantitative estimate of drug-likeness (QED) is 0.447. The van der Waals surface area contributed by atoms with Crippen molar-refractivity contribution in [3.8, 4) is 0 Å². The van der Waals surface area contributed by atoms with Gasteiger partial charge in [-0.2, -0.15) is 0 Å². The van der Waals surface area contributed by atoms with Crippen LogP contribution in [0, 0.1) is 11.6 Å². The number of nitrogen functional groups attached to an aromatic ring is 1. The number of hydrogen-bond acceptors (Lipinski definition) is 7. The maximum atomic E-state index is 13.8. The fourth-order valence-electron chi connectivity index (χ4n) is 3.14. The molecule has 0 radical (unpaired) electrons. The van der Waals surface area contributed by atoms with Gasteiger partial charge in [0.05, 0.1) is 11.4 Å². The molecule has 3 rings (SSSR count). The Morgan fingerprint density at radius 3 is 2.66 bits per heavy atom. The molecule has 0 saturated carbocycles. The second-order valence-electron chi connectivity index (χ2n) is 7.27. The zero-order valence-corrected chi connectivity index (χ0v) is 17.7. The minimum absolute atomic E-state index is 0.0155. The number of halogens is 2. The average Bonchev–Trinajstić information content (AvgIpc) is 2.70. The maximum absolute atomic E-state index is 13.8. The van der Waals surface area contributed by atoms with Crippen LogP contribution in [0.4, 0.5) is 14.5 Å². The first-order valence-corrected chi connectivity index (χ1v) is 11.5. The van der Waals surface area contributed by atoms with Crippen molar-refractivity contribution in [2.45, 2.75) is 19.4 Å². The van der Waals surface area contributed by atoms with E-state index in [1.807, 2.05) is 0 Å². The number of hydrogen-bond donors (Lipinski definition) is 3. The lowest BCUT2D eigenvalue weighted by atomic mass is 10.1. The second kappa shape index (κ2) is 8.91. The summed E-state index contributed by atoms with van der Waals surface area (Å²) in [6.07, 6.45) is 3.15. The number of carbonyl (C=O) groups excluding carboxylic acids is 1.